The number of halogens is 5. The molecule has 5 nitrogen and oxygen atoms in total. The Bertz CT molecular complexity index is 877. The molecule has 0 bridgehead atoms. The van der Waals surface area contributed by atoms with E-state index < -0.39 is 18.4 Å². The first kappa shape index (κ1) is 18.6. The van der Waals surface area contributed by atoms with Gasteiger partial charge < -0.3 is 14.6 Å². The minimum Gasteiger partial charge on any atom is -0.435 e. The standard InChI is InChI=1S/C17H12F5N3O2/c18-16(19)26-13-7-5-12(6-8-13)23-9-14-24-15(25-27-14)10-1-3-11(4-2-10)17(20,21)22/h1-8,16,23H,9H2. The summed E-state index contributed by atoms with van der Waals surface area (Å²) in [6, 6.07) is 10.2. The van der Waals surface area contributed by atoms with Gasteiger partial charge in [-0.2, -0.15) is 26.9 Å². The van der Waals surface area contributed by atoms with E-state index in [0.29, 0.717) is 11.3 Å². The van der Waals surface area contributed by atoms with Crippen LogP contribution in [0.3, 0.4) is 0 Å². The molecular formula is C17H12F5N3O2. The van der Waals surface area contributed by atoms with Gasteiger partial charge in [-0.05, 0) is 36.4 Å². The molecule has 0 aliphatic heterocycles. The lowest BCUT2D eigenvalue weighted by atomic mass is 10.1. The Morgan fingerprint density at radius 1 is 1.00 bits per heavy atom. The van der Waals surface area contributed by atoms with Gasteiger partial charge in [0.1, 0.15) is 5.75 Å². The third kappa shape index (κ3) is 4.93. The van der Waals surface area contributed by atoms with Gasteiger partial charge in [0, 0.05) is 11.3 Å². The van der Waals surface area contributed by atoms with Crippen molar-refractivity contribution in [3.8, 4) is 17.1 Å². The number of alkyl halides is 5. The summed E-state index contributed by atoms with van der Waals surface area (Å²) in [5, 5.41) is 6.67. The molecule has 0 amide bonds. The lowest BCUT2D eigenvalue weighted by Gasteiger charge is -2.06. The fourth-order valence-electron chi connectivity index (χ4n) is 2.18. The van der Waals surface area contributed by atoms with E-state index >= 15 is 0 Å². The maximum absolute atomic E-state index is 12.6. The van der Waals surface area contributed by atoms with Crippen LogP contribution in [0.25, 0.3) is 11.4 Å². The van der Waals surface area contributed by atoms with Crippen molar-refractivity contribution in [3.05, 3.63) is 60.0 Å². The highest BCUT2D eigenvalue weighted by molar-refractivity contribution is 5.55. The molecule has 0 saturated heterocycles. The first-order valence-corrected chi connectivity index (χ1v) is 7.60. The lowest BCUT2D eigenvalue weighted by Crippen LogP contribution is -2.04. The number of hydrogen-bond donors (Lipinski definition) is 1. The van der Waals surface area contributed by atoms with Gasteiger partial charge in [-0.15, -0.1) is 0 Å². The van der Waals surface area contributed by atoms with Gasteiger partial charge in [-0.1, -0.05) is 17.3 Å². The van der Waals surface area contributed by atoms with Crippen LogP contribution in [0, 0.1) is 0 Å². The molecule has 1 aromatic heterocycles. The van der Waals surface area contributed by atoms with Crippen LogP contribution in [0.4, 0.5) is 27.6 Å². The number of anilines is 1. The summed E-state index contributed by atoms with van der Waals surface area (Å²) in [5.74, 6) is 0.386. The molecule has 0 fully saturated rings. The molecule has 10 heteroatoms. The molecule has 0 saturated carbocycles. The highest BCUT2D eigenvalue weighted by Crippen LogP contribution is 2.30. The Labute approximate surface area is 149 Å². The quantitative estimate of drug-likeness (QED) is 0.607. The molecule has 0 aliphatic carbocycles. The van der Waals surface area contributed by atoms with Crippen LogP contribution in [0.2, 0.25) is 0 Å². The van der Waals surface area contributed by atoms with Crippen LogP contribution in [-0.2, 0) is 12.7 Å². The van der Waals surface area contributed by atoms with Crippen LogP contribution < -0.4 is 10.1 Å². The van der Waals surface area contributed by atoms with Crippen molar-refractivity contribution in [3.63, 3.8) is 0 Å². The molecule has 1 N–H and O–H groups in total. The van der Waals surface area contributed by atoms with E-state index in [1.165, 1.54) is 36.4 Å². The second kappa shape index (κ2) is 7.60. The number of benzene rings is 2. The summed E-state index contributed by atoms with van der Waals surface area (Å²) in [7, 11) is 0. The zero-order valence-corrected chi connectivity index (χ0v) is 13.5. The Kier molecular flexibility index (Phi) is 5.24. The van der Waals surface area contributed by atoms with Crippen molar-refractivity contribution in [1.29, 1.82) is 0 Å². The van der Waals surface area contributed by atoms with Crippen LogP contribution >= 0.6 is 0 Å². The molecule has 3 aromatic rings. The number of hydrogen-bond acceptors (Lipinski definition) is 5. The fourth-order valence-corrected chi connectivity index (χ4v) is 2.18. The number of aromatic nitrogens is 2. The predicted molar refractivity (Wildman–Crippen MR) is 85.1 cm³/mol. The van der Waals surface area contributed by atoms with E-state index in [-0.39, 0.29) is 24.0 Å². The zero-order valence-electron chi connectivity index (χ0n) is 13.5. The maximum atomic E-state index is 12.6. The largest absolute Gasteiger partial charge is 0.435 e. The third-order valence-corrected chi connectivity index (χ3v) is 3.46. The number of nitrogens with one attached hydrogen (secondary N) is 1. The molecule has 1 heterocycles. The zero-order chi connectivity index (χ0) is 19.4. The Morgan fingerprint density at radius 3 is 2.26 bits per heavy atom. The van der Waals surface area contributed by atoms with Crippen molar-refractivity contribution in [1.82, 2.24) is 10.1 Å². The molecule has 2 aromatic carbocycles. The van der Waals surface area contributed by atoms with Crippen molar-refractivity contribution >= 4 is 5.69 Å². The van der Waals surface area contributed by atoms with Crippen molar-refractivity contribution < 1.29 is 31.2 Å². The minimum absolute atomic E-state index is 0.0259. The number of nitrogens with zero attached hydrogens (tertiary/aromatic N) is 2. The molecule has 0 aliphatic rings. The first-order valence-electron chi connectivity index (χ1n) is 7.60. The molecule has 27 heavy (non-hydrogen) atoms. The Hall–Kier alpha value is -3.17. The maximum Gasteiger partial charge on any atom is 0.416 e. The number of rotatable bonds is 6. The normalized spacial score (nSPS) is 11.6. The highest BCUT2D eigenvalue weighted by Gasteiger charge is 2.30. The Balaban J connectivity index is 1.61. The smallest absolute Gasteiger partial charge is 0.416 e. The average molecular weight is 385 g/mol. The summed E-state index contributed by atoms with van der Waals surface area (Å²) in [4.78, 5) is 4.10. The van der Waals surface area contributed by atoms with Gasteiger partial charge >= 0.3 is 12.8 Å². The van der Waals surface area contributed by atoms with Crippen LogP contribution in [0.1, 0.15) is 11.5 Å². The average Bonchev–Trinajstić information content (AvgIpc) is 3.09. The molecule has 0 spiro atoms. The second-order valence-corrected chi connectivity index (χ2v) is 5.34. The van der Waals surface area contributed by atoms with Gasteiger partial charge in [-0.25, -0.2) is 0 Å². The molecule has 3 rings (SSSR count). The summed E-state index contributed by atoms with van der Waals surface area (Å²) in [6.45, 7) is -2.76. The van der Waals surface area contributed by atoms with Gasteiger partial charge in [0.05, 0.1) is 12.1 Å². The van der Waals surface area contributed by atoms with Crippen LogP contribution in [0.15, 0.2) is 53.1 Å². The van der Waals surface area contributed by atoms with Crippen molar-refractivity contribution in [2.45, 2.75) is 19.3 Å². The summed E-state index contributed by atoms with van der Waals surface area (Å²) >= 11 is 0. The predicted octanol–water partition coefficient (Wildman–Crippen LogP) is 4.97. The topological polar surface area (TPSA) is 60.2 Å². The van der Waals surface area contributed by atoms with E-state index in [1.807, 2.05) is 0 Å². The first-order chi connectivity index (χ1) is 12.8. The molecule has 0 radical (unpaired) electrons. The van der Waals surface area contributed by atoms with Gasteiger partial charge in [0.25, 0.3) is 0 Å². The fraction of sp³-hybridized carbons (Fsp3) is 0.176. The van der Waals surface area contributed by atoms with E-state index in [9.17, 15) is 22.0 Å². The van der Waals surface area contributed by atoms with E-state index in [2.05, 4.69) is 20.2 Å². The molecule has 0 unspecified atom stereocenters. The van der Waals surface area contributed by atoms with Crippen molar-refractivity contribution in [2.24, 2.45) is 0 Å². The monoisotopic (exact) mass is 385 g/mol. The minimum atomic E-state index is -4.42. The molecule has 0 atom stereocenters. The Morgan fingerprint density at radius 2 is 1.67 bits per heavy atom. The van der Waals surface area contributed by atoms with Crippen molar-refractivity contribution in [2.75, 3.05) is 5.32 Å². The second-order valence-electron chi connectivity index (χ2n) is 5.34. The molecule has 142 valence electrons. The third-order valence-electron chi connectivity index (χ3n) is 3.46. The summed E-state index contributed by atoms with van der Waals surface area (Å²) in [5.41, 5.74) is 0.216. The van der Waals surface area contributed by atoms with Gasteiger partial charge in [-0.3, -0.25) is 0 Å². The van der Waals surface area contributed by atoms with E-state index in [4.69, 9.17) is 4.52 Å². The lowest BCUT2D eigenvalue weighted by molar-refractivity contribution is -0.137. The summed E-state index contributed by atoms with van der Waals surface area (Å²) in [6.07, 6.45) is -4.42. The van der Waals surface area contributed by atoms with Crippen LogP contribution in [0.5, 0.6) is 5.75 Å². The number of ether oxygens (including phenoxy) is 1. The van der Waals surface area contributed by atoms with Crippen LogP contribution in [-0.4, -0.2) is 16.8 Å². The van der Waals surface area contributed by atoms with Gasteiger partial charge in [0.15, 0.2) is 0 Å². The molecular weight excluding hydrogens is 373 g/mol. The SMILES string of the molecule is FC(F)Oc1ccc(NCc2nc(-c3ccc(C(F)(F)F)cc3)no2)cc1. The van der Waals surface area contributed by atoms with E-state index in [0.717, 1.165) is 12.1 Å². The van der Waals surface area contributed by atoms with E-state index in [1.54, 1.807) is 0 Å². The van der Waals surface area contributed by atoms with Gasteiger partial charge in [0.2, 0.25) is 11.7 Å². The summed E-state index contributed by atoms with van der Waals surface area (Å²) < 4.78 is 71.2. The highest BCUT2D eigenvalue weighted by atomic mass is 19.4.